The number of aryl methyl sites for hydroxylation is 1. The lowest BCUT2D eigenvalue weighted by Gasteiger charge is -2.04. The molecular weight excluding hydrogens is 218 g/mol. The minimum absolute atomic E-state index is 0.741. The number of aromatic nitrogens is 3. The predicted molar refractivity (Wildman–Crippen MR) is 64.7 cm³/mol. The highest BCUT2D eigenvalue weighted by Gasteiger charge is 2.15. The van der Waals surface area contributed by atoms with Gasteiger partial charge < -0.3 is 4.98 Å². The normalized spacial score (nSPS) is 13.8. The second-order valence-corrected chi connectivity index (χ2v) is 4.33. The van der Waals surface area contributed by atoms with E-state index < -0.39 is 0 Å². The number of pyridine rings is 1. The zero-order chi connectivity index (χ0) is 11.0. The molecule has 16 heavy (non-hydrogen) atoms. The summed E-state index contributed by atoms with van der Waals surface area (Å²) in [5.74, 6) is 0.832. The Kier molecular flexibility index (Phi) is 2.29. The highest BCUT2D eigenvalue weighted by molar-refractivity contribution is 7.71. The fraction of sp³-hybridized carbons (Fsp3) is 0.250. The van der Waals surface area contributed by atoms with Crippen LogP contribution >= 0.6 is 12.2 Å². The molecule has 2 aromatic heterocycles. The molecule has 0 amide bonds. The van der Waals surface area contributed by atoms with Gasteiger partial charge in [-0.05, 0) is 31.4 Å². The van der Waals surface area contributed by atoms with Crippen LogP contribution in [0.5, 0.6) is 0 Å². The Hall–Kier alpha value is -1.55. The summed E-state index contributed by atoms with van der Waals surface area (Å²) in [4.78, 5) is 11.9. The highest BCUT2D eigenvalue weighted by Crippen LogP contribution is 2.23. The van der Waals surface area contributed by atoms with Crippen molar-refractivity contribution in [3.8, 4) is 11.4 Å². The second kappa shape index (κ2) is 3.79. The molecule has 0 radical (unpaired) electrons. The van der Waals surface area contributed by atoms with Crippen LogP contribution in [0.15, 0.2) is 24.5 Å². The van der Waals surface area contributed by atoms with Gasteiger partial charge in [-0.1, -0.05) is 12.2 Å². The van der Waals surface area contributed by atoms with Gasteiger partial charge in [-0.15, -0.1) is 0 Å². The Morgan fingerprint density at radius 2 is 2.25 bits per heavy atom. The quantitative estimate of drug-likeness (QED) is 0.764. The molecule has 0 aliphatic heterocycles. The minimum atomic E-state index is 0.741. The fourth-order valence-corrected chi connectivity index (χ4v) is 2.41. The summed E-state index contributed by atoms with van der Waals surface area (Å²) >= 11 is 5.31. The molecule has 4 heteroatoms. The van der Waals surface area contributed by atoms with Crippen molar-refractivity contribution < 1.29 is 0 Å². The van der Waals surface area contributed by atoms with E-state index >= 15 is 0 Å². The first-order valence-electron chi connectivity index (χ1n) is 5.37. The summed E-state index contributed by atoms with van der Waals surface area (Å²) in [5.41, 5.74) is 3.46. The van der Waals surface area contributed by atoms with Gasteiger partial charge in [0.05, 0.1) is 0 Å². The van der Waals surface area contributed by atoms with E-state index in [1.54, 1.807) is 12.4 Å². The monoisotopic (exact) mass is 229 g/mol. The number of nitrogens with zero attached hydrogens (tertiary/aromatic N) is 2. The van der Waals surface area contributed by atoms with Crippen molar-refractivity contribution in [3.63, 3.8) is 0 Å². The van der Waals surface area contributed by atoms with Crippen LogP contribution in [0.2, 0.25) is 0 Å². The Balaban J connectivity index is 2.17. The van der Waals surface area contributed by atoms with Crippen LogP contribution in [0.1, 0.15) is 17.7 Å². The first-order valence-corrected chi connectivity index (χ1v) is 5.78. The third-order valence-corrected chi connectivity index (χ3v) is 3.23. The van der Waals surface area contributed by atoms with E-state index in [1.807, 2.05) is 12.1 Å². The second-order valence-electron chi connectivity index (χ2n) is 3.94. The lowest BCUT2D eigenvalue weighted by molar-refractivity contribution is 0.899. The molecule has 0 saturated heterocycles. The van der Waals surface area contributed by atoms with Crippen LogP contribution in [-0.4, -0.2) is 15.0 Å². The molecular formula is C12H11N3S. The van der Waals surface area contributed by atoms with Crippen molar-refractivity contribution in [3.05, 3.63) is 40.4 Å². The highest BCUT2D eigenvalue weighted by atomic mass is 32.1. The molecule has 2 aromatic rings. The van der Waals surface area contributed by atoms with Crippen molar-refractivity contribution in [1.82, 2.24) is 15.0 Å². The first-order chi connectivity index (χ1) is 7.84. The number of hydrogen-bond donors (Lipinski definition) is 1. The van der Waals surface area contributed by atoms with Gasteiger partial charge in [-0.3, -0.25) is 4.98 Å². The van der Waals surface area contributed by atoms with Crippen LogP contribution in [-0.2, 0) is 12.8 Å². The zero-order valence-corrected chi connectivity index (χ0v) is 9.55. The van der Waals surface area contributed by atoms with E-state index in [1.165, 1.54) is 17.7 Å². The van der Waals surface area contributed by atoms with E-state index in [2.05, 4.69) is 15.0 Å². The number of nitrogens with one attached hydrogen (secondary N) is 1. The van der Waals surface area contributed by atoms with E-state index in [0.29, 0.717) is 0 Å². The maximum absolute atomic E-state index is 5.31. The average Bonchev–Trinajstić information content (AvgIpc) is 2.79. The molecule has 2 heterocycles. The fourth-order valence-electron chi connectivity index (χ4n) is 2.10. The average molecular weight is 229 g/mol. The van der Waals surface area contributed by atoms with E-state index in [0.717, 1.165) is 28.9 Å². The maximum Gasteiger partial charge on any atom is 0.140 e. The molecule has 0 spiro atoms. The van der Waals surface area contributed by atoms with E-state index in [-0.39, 0.29) is 0 Å². The van der Waals surface area contributed by atoms with Gasteiger partial charge >= 0.3 is 0 Å². The van der Waals surface area contributed by atoms with Crippen molar-refractivity contribution in [2.75, 3.05) is 0 Å². The molecule has 3 nitrogen and oxygen atoms in total. The van der Waals surface area contributed by atoms with Crippen LogP contribution < -0.4 is 0 Å². The summed E-state index contributed by atoms with van der Waals surface area (Å²) < 4.78 is 0.741. The van der Waals surface area contributed by atoms with Crippen LogP contribution in [0.25, 0.3) is 11.4 Å². The number of H-pyrrole nitrogens is 1. The van der Waals surface area contributed by atoms with Crippen LogP contribution in [0.4, 0.5) is 0 Å². The maximum atomic E-state index is 5.31. The Morgan fingerprint density at radius 1 is 1.31 bits per heavy atom. The molecule has 0 unspecified atom stereocenters. The zero-order valence-electron chi connectivity index (χ0n) is 8.73. The number of hydrogen-bond acceptors (Lipinski definition) is 3. The SMILES string of the molecule is S=c1nc(-c2cccnc2)[nH]c2c1CCC2. The minimum Gasteiger partial charge on any atom is -0.343 e. The number of aromatic amines is 1. The molecule has 0 atom stereocenters. The topological polar surface area (TPSA) is 41.6 Å². The molecule has 0 saturated carbocycles. The first kappa shape index (κ1) is 9.66. The summed E-state index contributed by atoms with van der Waals surface area (Å²) in [6, 6.07) is 3.89. The number of rotatable bonds is 1. The lowest BCUT2D eigenvalue weighted by Crippen LogP contribution is -1.97. The molecule has 80 valence electrons. The Labute approximate surface area is 98.6 Å². The predicted octanol–water partition coefficient (Wildman–Crippen LogP) is 2.69. The van der Waals surface area contributed by atoms with Crippen LogP contribution in [0, 0.1) is 4.64 Å². The molecule has 0 bridgehead atoms. The van der Waals surface area contributed by atoms with Crippen molar-refractivity contribution >= 4 is 12.2 Å². The van der Waals surface area contributed by atoms with Crippen molar-refractivity contribution in [2.45, 2.75) is 19.3 Å². The van der Waals surface area contributed by atoms with Gasteiger partial charge in [0.15, 0.2) is 0 Å². The third-order valence-electron chi connectivity index (χ3n) is 2.89. The van der Waals surface area contributed by atoms with Gasteiger partial charge in [-0.25, -0.2) is 4.98 Å². The Bertz CT molecular complexity index is 575. The van der Waals surface area contributed by atoms with Crippen molar-refractivity contribution in [1.29, 1.82) is 0 Å². The van der Waals surface area contributed by atoms with Gasteiger partial charge in [-0.2, -0.15) is 0 Å². The summed E-state index contributed by atoms with van der Waals surface area (Å²) in [6.45, 7) is 0. The Morgan fingerprint density at radius 3 is 3.06 bits per heavy atom. The van der Waals surface area contributed by atoms with Gasteiger partial charge in [0, 0.05) is 29.2 Å². The van der Waals surface area contributed by atoms with Crippen molar-refractivity contribution in [2.24, 2.45) is 0 Å². The standard InChI is InChI=1S/C12H11N3S/c16-12-9-4-1-5-10(9)14-11(15-12)8-3-2-6-13-7-8/h2-3,6-7H,1,4-5H2,(H,14,15,16). The third kappa shape index (κ3) is 1.55. The summed E-state index contributed by atoms with van der Waals surface area (Å²) in [6.07, 6.45) is 6.87. The van der Waals surface area contributed by atoms with Gasteiger partial charge in [0.2, 0.25) is 0 Å². The lowest BCUT2D eigenvalue weighted by atomic mass is 10.2. The van der Waals surface area contributed by atoms with E-state index in [9.17, 15) is 0 Å². The smallest absolute Gasteiger partial charge is 0.140 e. The molecule has 3 rings (SSSR count). The van der Waals surface area contributed by atoms with Gasteiger partial charge in [0.25, 0.3) is 0 Å². The van der Waals surface area contributed by atoms with Gasteiger partial charge in [0.1, 0.15) is 10.5 Å². The van der Waals surface area contributed by atoms with E-state index in [4.69, 9.17) is 12.2 Å². The molecule has 1 N–H and O–H groups in total. The molecule has 0 fully saturated rings. The molecule has 0 aromatic carbocycles. The number of fused-ring (bicyclic) bond motifs is 1. The summed E-state index contributed by atoms with van der Waals surface area (Å²) in [5, 5.41) is 0. The summed E-state index contributed by atoms with van der Waals surface area (Å²) in [7, 11) is 0. The molecule has 1 aliphatic carbocycles. The largest absolute Gasteiger partial charge is 0.343 e. The molecule has 1 aliphatic rings. The van der Waals surface area contributed by atoms with Crippen LogP contribution in [0.3, 0.4) is 0 Å².